The first-order valence-electron chi connectivity index (χ1n) is 10.0. The normalized spacial score (nSPS) is 26.9. The number of carbonyl (C=O) groups is 3. The van der Waals surface area contributed by atoms with Gasteiger partial charge in [0.25, 0.3) is 0 Å². The second-order valence-corrected chi connectivity index (χ2v) is 10.1. The molecule has 150 valence electrons. The highest BCUT2D eigenvalue weighted by molar-refractivity contribution is 6.17. The van der Waals surface area contributed by atoms with Gasteiger partial charge >= 0.3 is 0 Å². The SMILES string of the molecule is CC1(C)CC(=O)C2(OC3=C(C(=O)CC(C)(C)C3)C2c2ccc(C#N)cc2)C(=O)C1. The van der Waals surface area contributed by atoms with Crippen molar-refractivity contribution in [2.75, 3.05) is 0 Å². The molecule has 1 fully saturated rings. The molecular formula is C24H25NO4. The molecule has 0 aromatic heterocycles. The molecule has 1 aromatic carbocycles. The highest BCUT2D eigenvalue weighted by Gasteiger charge is 2.65. The van der Waals surface area contributed by atoms with E-state index in [0.717, 1.165) is 0 Å². The summed E-state index contributed by atoms with van der Waals surface area (Å²) in [6, 6.07) is 8.85. The van der Waals surface area contributed by atoms with E-state index in [1.807, 2.05) is 27.7 Å². The van der Waals surface area contributed by atoms with E-state index in [-0.39, 0.29) is 35.6 Å². The molecule has 1 atom stereocenters. The third-order valence-corrected chi connectivity index (χ3v) is 6.34. The van der Waals surface area contributed by atoms with Crippen molar-refractivity contribution in [2.45, 2.75) is 64.9 Å². The average Bonchev–Trinajstić information content (AvgIpc) is 2.95. The van der Waals surface area contributed by atoms with Crippen molar-refractivity contribution in [3.05, 3.63) is 46.7 Å². The van der Waals surface area contributed by atoms with Crippen LogP contribution >= 0.6 is 0 Å². The molecule has 1 saturated carbocycles. The molecule has 1 heterocycles. The van der Waals surface area contributed by atoms with Gasteiger partial charge < -0.3 is 4.74 Å². The monoisotopic (exact) mass is 391 g/mol. The molecule has 0 amide bonds. The van der Waals surface area contributed by atoms with Crippen LogP contribution in [0.2, 0.25) is 0 Å². The molecule has 29 heavy (non-hydrogen) atoms. The van der Waals surface area contributed by atoms with Crippen LogP contribution in [0.15, 0.2) is 35.6 Å². The van der Waals surface area contributed by atoms with Gasteiger partial charge in [0.1, 0.15) is 5.76 Å². The number of benzene rings is 1. The number of allylic oxidation sites excluding steroid dienone is 1. The standard InChI is InChI=1S/C24H25NO4/c1-22(2)9-16(26)20-17(10-22)29-24(18(27)11-23(3,4)12-19(24)28)21(20)15-7-5-14(13-25)6-8-15/h5-8,21H,9-12H2,1-4H3. The number of Topliss-reactive ketones (excluding diaryl/α,β-unsaturated/α-hetero) is 3. The van der Waals surface area contributed by atoms with Crippen molar-refractivity contribution in [1.29, 1.82) is 5.26 Å². The summed E-state index contributed by atoms with van der Waals surface area (Å²) >= 11 is 0. The van der Waals surface area contributed by atoms with Crippen LogP contribution in [-0.2, 0) is 19.1 Å². The molecule has 0 radical (unpaired) electrons. The Morgan fingerprint density at radius 3 is 2.00 bits per heavy atom. The lowest BCUT2D eigenvalue weighted by atomic mass is 9.61. The van der Waals surface area contributed by atoms with Crippen molar-refractivity contribution in [3.63, 3.8) is 0 Å². The van der Waals surface area contributed by atoms with Gasteiger partial charge in [0.15, 0.2) is 17.3 Å². The number of carbonyl (C=O) groups excluding carboxylic acids is 3. The molecule has 5 heteroatoms. The van der Waals surface area contributed by atoms with Gasteiger partial charge in [-0.3, -0.25) is 14.4 Å². The Morgan fingerprint density at radius 2 is 1.45 bits per heavy atom. The maximum atomic E-state index is 13.4. The number of nitrogens with zero attached hydrogens (tertiary/aromatic N) is 1. The zero-order chi connectivity index (χ0) is 21.2. The fourth-order valence-corrected chi connectivity index (χ4v) is 5.08. The van der Waals surface area contributed by atoms with Gasteiger partial charge in [0.05, 0.1) is 17.6 Å². The first kappa shape index (κ1) is 19.6. The van der Waals surface area contributed by atoms with Crippen molar-refractivity contribution in [3.8, 4) is 6.07 Å². The number of hydrogen-bond donors (Lipinski definition) is 0. The van der Waals surface area contributed by atoms with Crippen molar-refractivity contribution in [1.82, 2.24) is 0 Å². The molecular weight excluding hydrogens is 366 g/mol. The van der Waals surface area contributed by atoms with Crippen LogP contribution in [0.1, 0.15) is 70.4 Å². The summed E-state index contributed by atoms with van der Waals surface area (Å²) in [6.45, 7) is 7.80. The lowest BCUT2D eigenvalue weighted by Crippen LogP contribution is -2.57. The Labute approximate surface area is 170 Å². The fourth-order valence-electron chi connectivity index (χ4n) is 5.08. The predicted molar refractivity (Wildman–Crippen MR) is 106 cm³/mol. The predicted octanol–water partition coefficient (Wildman–Crippen LogP) is 4.01. The summed E-state index contributed by atoms with van der Waals surface area (Å²) < 4.78 is 6.24. The van der Waals surface area contributed by atoms with Gasteiger partial charge in [-0.25, -0.2) is 0 Å². The molecule has 5 nitrogen and oxygen atoms in total. The van der Waals surface area contributed by atoms with E-state index >= 15 is 0 Å². The van der Waals surface area contributed by atoms with Gasteiger partial charge in [-0.1, -0.05) is 39.8 Å². The number of hydrogen-bond acceptors (Lipinski definition) is 5. The number of nitriles is 1. The van der Waals surface area contributed by atoms with Gasteiger partial charge in [-0.2, -0.15) is 5.26 Å². The van der Waals surface area contributed by atoms with Crippen molar-refractivity contribution >= 4 is 17.3 Å². The number of ether oxygens (including phenoxy) is 1. The minimum Gasteiger partial charge on any atom is -0.474 e. The highest BCUT2D eigenvalue weighted by Crippen LogP contribution is 2.57. The molecule has 3 aliphatic rings. The Hall–Kier alpha value is -2.74. The Morgan fingerprint density at radius 1 is 0.897 bits per heavy atom. The summed E-state index contributed by atoms with van der Waals surface area (Å²) in [4.78, 5) is 40.0. The van der Waals surface area contributed by atoms with Crippen LogP contribution in [0.3, 0.4) is 0 Å². The topological polar surface area (TPSA) is 84.2 Å². The van der Waals surface area contributed by atoms with Crippen LogP contribution < -0.4 is 0 Å². The molecule has 1 unspecified atom stereocenters. The summed E-state index contributed by atoms with van der Waals surface area (Å²) in [5, 5.41) is 9.12. The zero-order valence-electron chi connectivity index (χ0n) is 17.3. The van der Waals surface area contributed by atoms with E-state index in [0.29, 0.717) is 35.3 Å². The van der Waals surface area contributed by atoms with E-state index in [9.17, 15) is 14.4 Å². The second-order valence-electron chi connectivity index (χ2n) is 10.1. The second kappa shape index (κ2) is 6.13. The van der Waals surface area contributed by atoms with E-state index in [4.69, 9.17) is 10.00 Å². The maximum Gasteiger partial charge on any atom is 0.234 e. The molecule has 1 spiro atoms. The van der Waals surface area contributed by atoms with Gasteiger partial charge in [0, 0.05) is 31.3 Å². The zero-order valence-corrected chi connectivity index (χ0v) is 17.3. The average molecular weight is 391 g/mol. The maximum absolute atomic E-state index is 13.4. The van der Waals surface area contributed by atoms with E-state index in [1.54, 1.807) is 24.3 Å². The van der Waals surface area contributed by atoms with Crippen LogP contribution in [0.25, 0.3) is 0 Å². The third kappa shape index (κ3) is 2.93. The summed E-state index contributed by atoms with van der Waals surface area (Å²) in [7, 11) is 0. The summed E-state index contributed by atoms with van der Waals surface area (Å²) in [5.74, 6) is -0.832. The van der Waals surface area contributed by atoms with E-state index in [1.165, 1.54) is 0 Å². The first-order chi connectivity index (χ1) is 13.5. The summed E-state index contributed by atoms with van der Waals surface area (Å²) in [6.07, 6.45) is 1.33. The van der Waals surface area contributed by atoms with Gasteiger partial charge in [-0.05, 0) is 28.5 Å². The lowest BCUT2D eigenvalue weighted by molar-refractivity contribution is -0.160. The Bertz CT molecular complexity index is 984. The van der Waals surface area contributed by atoms with Crippen LogP contribution in [0.4, 0.5) is 0 Å². The van der Waals surface area contributed by atoms with Gasteiger partial charge in [0.2, 0.25) is 5.60 Å². The smallest absolute Gasteiger partial charge is 0.234 e. The molecule has 0 N–H and O–H groups in total. The van der Waals surface area contributed by atoms with E-state index < -0.39 is 16.9 Å². The quantitative estimate of drug-likeness (QED) is 0.675. The molecule has 4 rings (SSSR count). The van der Waals surface area contributed by atoms with E-state index in [2.05, 4.69) is 6.07 Å². The molecule has 1 aliphatic heterocycles. The molecule has 0 saturated heterocycles. The molecule has 1 aromatic rings. The van der Waals surface area contributed by atoms with Crippen molar-refractivity contribution < 1.29 is 19.1 Å². The number of rotatable bonds is 1. The van der Waals surface area contributed by atoms with Crippen LogP contribution in [-0.4, -0.2) is 23.0 Å². The van der Waals surface area contributed by atoms with Crippen LogP contribution in [0.5, 0.6) is 0 Å². The van der Waals surface area contributed by atoms with Crippen LogP contribution in [0, 0.1) is 22.2 Å². The summed E-state index contributed by atoms with van der Waals surface area (Å²) in [5.41, 5.74) is -0.751. The number of ketones is 3. The Kier molecular flexibility index (Phi) is 4.13. The molecule has 2 aliphatic carbocycles. The van der Waals surface area contributed by atoms with Gasteiger partial charge in [-0.15, -0.1) is 0 Å². The Balaban J connectivity index is 1.90. The molecule has 0 bridgehead atoms. The van der Waals surface area contributed by atoms with Crippen molar-refractivity contribution in [2.24, 2.45) is 10.8 Å². The largest absolute Gasteiger partial charge is 0.474 e. The highest BCUT2D eigenvalue weighted by atomic mass is 16.5. The first-order valence-corrected chi connectivity index (χ1v) is 10.0. The lowest BCUT2D eigenvalue weighted by Gasteiger charge is -2.41. The minimum absolute atomic E-state index is 0.0621. The fraction of sp³-hybridized carbons (Fsp3) is 0.500. The minimum atomic E-state index is -1.66. The third-order valence-electron chi connectivity index (χ3n) is 6.34.